The van der Waals surface area contributed by atoms with Gasteiger partial charge in [-0.2, -0.15) is 5.11 Å². The van der Waals surface area contributed by atoms with E-state index in [4.69, 9.17) is 0 Å². The number of azo groups is 1. The first-order chi connectivity index (χ1) is 11.7. The molecule has 0 spiro atoms. The molecule has 0 aliphatic carbocycles. The molecular weight excluding hydrogens is 364 g/mol. The Morgan fingerprint density at radius 1 is 0.917 bits per heavy atom. The van der Waals surface area contributed by atoms with Crippen LogP contribution in [0.15, 0.2) is 59.0 Å². The zero-order valence-corrected chi connectivity index (χ0v) is 16.1. The second-order valence-electron chi connectivity index (χ2n) is 6.01. The monoisotopic (exact) mass is 389 g/mol. The summed E-state index contributed by atoms with van der Waals surface area (Å²) in [5.41, 5.74) is 2.91. The van der Waals surface area contributed by atoms with Crippen LogP contribution in [-0.2, 0) is 6.54 Å². The van der Waals surface area contributed by atoms with Crippen molar-refractivity contribution in [2.45, 2.75) is 32.2 Å². The summed E-state index contributed by atoms with van der Waals surface area (Å²) in [4.78, 5) is 2.07. The predicted octanol–water partition coefficient (Wildman–Crippen LogP) is 5.41. The average Bonchev–Trinajstić information content (AvgIpc) is 2.60. The predicted molar refractivity (Wildman–Crippen MR) is 104 cm³/mol. The summed E-state index contributed by atoms with van der Waals surface area (Å²) in [5.74, 6) is 0. The highest BCUT2D eigenvalue weighted by Gasteiger charge is 2.02. The fraction of sp³-hybridized carbons (Fsp3) is 0.421. The van der Waals surface area contributed by atoms with Crippen molar-refractivity contribution in [1.29, 1.82) is 0 Å². The number of aromatic nitrogens is 1. The first-order valence-electron chi connectivity index (χ1n) is 8.43. The molecule has 2 rings (SSSR count). The van der Waals surface area contributed by atoms with Crippen molar-refractivity contribution in [2.75, 3.05) is 24.3 Å². The third-order valence-electron chi connectivity index (χ3n) is 3.79. The SMILES string of the molecule is CN(C)c1ccc(/N=N/c2ccc[n+](CCCCCCBr)c2)cc1. The Morgan fingerprint density at radius 2 is 1.62 bits per heavy atom. The first kappa shape index (κ1) is 18.6. The number of benzene rings is 1. The number of nitrogens with zero attached hydrogens (tertiary/aromatic N) is 4. The highest BCUT2D eigenvalue weighted by atomic mass is 79.9. The third kappa shape index (κ3) is 6.40. The van der Waals surface area contributed by atoms with E-state index in [2.05, 4.69) is 48.0 Å². The number of aryl methyl sites for hydroxylation is 1. The Balaban J connectivity index is 1.91. The van der Waals surface area contributed by atoms with Gasteiger partial charge in [0, 0.05) is 37.6 Å². The van der Waals surface area contributed by atoms with Crippen LogP contribution in [0.25, 0.3) is 0 Å². The second kappa shape index (κ2) is 10.2. The minimum Gasteiger partial charge on any atom is -0.378 e. The molecule has 0 saturated heterocycles. The third-order valence-corrected chi connectivity index (χ3v) is 4.35. The minimum atomic E-state index is 0.866. The van der Waals surface area contributed by atoms with E-state index in [1.807, 2.05) is 50.5 Å². The number of pyridine rings is 1. The molecule has 24 heavy (non-hydrogen) atoms. The van der Waals surface area contributed by atoms with Gasteiger partial charge in [-0.05, 0) is 43.2 Å². The highest BCUT2D eigenvalue weighted by Crippen LogP contribution is 2.20. The molecule has 128 valence electrons. The average molecular weight is 390 g/mol. The zero-order chi connectivity index (χ0) is 17.2. The van der Waals surface area contributed by atoms with E-state index in [1.165, 1.54) is 25.7 Å². The van der Waals surface area contributed by atoms with Crippen molar-refractivity contribution in [3.8, 4) is 0 Å². The molecule has 0 unspecified atom stereocenters. The first-order valence-corrected chi connectivity index (χ1v) is 9.55. The lowest BCUT2D eigenvalue weighted by atomic mass is 10.2. The van der Waals surface area contributed by atoms with Gasteiger partial charge in [0.1, 0.15) is 12.2 Å². The zero-order valence-electron chi connectivity index (χ0n) is 14.5. The highest BCUT2D eigenvalue weighted by molar-refractivity contribution is 9.09. The summed E-state index contributed by atoms with van der Waals surface area (Å²) < 4.78 is 2.19. The van der Waals surface area contributed by atoms with E-state index in [0.29, 0.717) is 0 Å². The van der Waals surface area contributed by atoms with Crippen LogP contribution in [0, 0.1) is 0 Å². The van der Waals surface area contributed by atoms with E-state index in [1.54, 1.807) is 0 Å². The Bertz CT molecular complexity index is 638. The fourth-order valence-corrected chi connectivity index (χ4v) is 2.78. The largest absolute Gasteiger partial charge is 0.378 e. The van der Waals surface area contributed by atoms with Gasteiger partial charge >= 0.3 is 0 Å². The van der Waals surface area contributed by atoms with Gasteiger partial charge in [0.05, 0.1) is 5.69 Å². The van der Waals surface area contributed by atoms with Crippen LogP contribution in [0.1, 0.15) is 25.7 Å². The molecule has 0 N–H and O–H groups in total. The van der Waals surface area contributed by atoms with Gasteiger partial charge in [-0.25, -0.2) is 4.57 Å². The fourth-order valence-electron chi connectivity index (χ4n) is 2.38. The van der Waals surface area contributed by atoms with Crippen molar-refractivity contribution < 1.29 is 4.57 Å². The molecule has 1 aromatic carbocycles. The number of anilines is 1. The number of hydrogen-bond donors (Lipinski definition) is 0. The van der Waals surface area contributed by atoms with Gasteiger partial charge in [-0.3, -0.25) is 0 Å². The molecule has 0 amide bonds. The molecule has 1 aromatic heterocycles. The Morgan fingerprint density at radius 3 is 2.33 bits per heavy atom. The van der Waals surface area contributed by atoms with Crippen LogP contribution in [0.4, 0.5) is 17.1 Å². The quantitative estimate of drug-likeness (QED) is 0.244. The maximum atomic E-state index is 4.35. The van der Waals surface area contributed by atoms with Crippen molar-refractivity contribution in [2.24, 2.45) is 10.2 Å². The summed E-state index contributed by atoms with van der Waals surface area (Å²) in [5, 5.41) is 9.78. The molecule has 4 nitrogen and oxygen atoms in total. The molecule has 0 aliphatic rings. The molecular formula is C19H26BrN4+. The summed E-state index contributed by atoms with van der Waals surface area (Å²) >= 11 is 3.47. The molecule has 0 saturated carbocycles. The smallest absolute Gasteiger partial charge is 0.196 e. The Labute approximate surface area is 153 Å². The summed E-state index contributed by atoms with van der Waals surface area (Å²) in [6.07, 6.45) is 9.16. The molecule has 5 heteroatoms. The Hall–Kier alpha value is -1.75. The Kier molecular flexibility index (Phi) is 7.89. The van der Waals surface area contributed by atoms with Crippen LogP contribution in [0.3, 0.4) is 0 Å². The van der Waals surface area contributed by atoms with Crippen LogP contribution in [0.2, 0.25) is 0 Å². The summed E-state index contributed by atoms with van der Waals surface area (Å²) in [6.45, 7) is 1.03. The molecule has 2 aromatic rings. The molecule has 1 heterocycles. The van der Waals surface area contributed by atoms with E-state index in [0.717, 1.165) is 28.9 Å². The maximum absolute atomic E-state index is 4.35. The second-order valence-corrected chi connectivity index (χ2v) is 6.81. The summed E-state index contributed by atoms with van der Waals surface area (Å²) in [6, 6.07) is 12.1. The lowest BCUT2D eigenvalue weighted by Crippen LogP contribution is -2.32. The lowest BCUT2D eigenvalue weighted by molar-refractivity contribution is -0.696. The molecule has 0 aliphatic heterocycles. The molecule has 0 bridgehead atoms. The number of alkyl halides is 1. The van der Waals surface area contributed by atoms with Gasteiger partial charge in [0.2, 0.25) is 0 Å². The van der Waals surface area contributed by atoms with E-state index >= 15 is 0 Å². The topological polar surface area (TPSA) is 31.8 Å². The van der Waals surface area contributed by atoms with E-state index in [9.17, 15) is 0 Å². The van der Waals surface area contributed by atoms with E-state index in [-0.39, 0.29) is 0 Å². The van der Waals surface area contributed by atoms with Crippen molar-refractivity contribution in [1.82, 2.24) is 0 Å². The number of halogens is 1. The van der Waals surface area contributed by atoms with Crippen LogP contribution in [0.5, 0.6) is 0 Å². The standard InChI is InChI=1S/C19H26BrN4/c1-23(2)19-11-9-17(10-12-19)21-22-18-8-7-15-24(16-18)14-6-4-3-5-13-20/h7-12,15-16H,3-6,13-14H2,1-2H3/q+1/b22-21+. The van der Waals surface area contributed by atoms with E-state index < -0.39 is 0 Å². The van der Waals surface area contributed by atoms with Gasteiger partial charge in [0.15, 0.2) is 12.4 Å². The normalized spacial score (nSPS) is 11.1. The lowest BCUT2D eigenvalue weighted by Gasteiger charge is -2.11. The van der Waals surface area contributed by atoms with Crippen LogP contribution in [-0.4, -0.2) is 19.4 Å². The van der Waals surface area contributed by atoms with Crippen LogP contribution >= 0.6 is 15.9 Å². The van der Waals surface area contributed by atoms with Gasteiger partial charge in [0.25, 0.3) is 0 Å². The van der Waals surface area contributed by atoms with Gasteiger partial charge in [-0.15, -0.1) is 5.11 Å². The number of rotatable bonds is 9. The van der Waals surface area contributed by atoms with Crippen LogP contribution < -0.4 is 9.47 Å². The maximum Gasteiger partial charge on any atom is 0.196 e. The number of unbranched alkanes of at least 4 members (excludes halogenated alkanes) is 3. The number of hydrogen-bond acceptors (Lipinski definition) is 3. The summed E-state index contributed by atoms with van der Waals surface area (Å²) in [7, 11) is 4.05. The molecule has 0 radical (unpaired) electrons. The minimum absolute atomic E-state index is 0.866. The van der Waals surface area contributed by atoms with Gasteiger partial charge < -0.3 is 4.90 Å². The van der Waals surface area contributed by atoms with Crippen molar-refractivity contribution in [3.05, 3.63) is 48.8 Å². The molecule has 0 fully saturated rings. The molecule has 0 atom stereocenters. The van der Waals surface area contributed by atoms with Crippen molar-refractivity contribution >= 4 is 33.0 Å². The van der Waals surface area contributed by atoms with Crippen molar-refractivity contribution in [3.63, 3.8) is 0 Å². The van der Waals surface area contributed by atoms with Gasteiger partial charge in [-0.1, -0.05) is 22.4 Å².